The first-order valence-electron chi connectivity index (χ1n) is 9.80. The highest BCUT2D eigenvalue weighted by molar-refractivity contribution is 7.11. The molecule has 164 valence electrons. The van der Waals surface area contributed by atoms with Gasteiger partial charge in [-0.15, -0.1) is 0 Å². The molecule has 0 saturated carbocycles. The van der Waals surface area contributed by atoms with Crippen LogP contribution in [-0.4, -0.2) is 47.4 Å². The van der Waals surface area contributed by atoms with Crippen molar-refractivity contribution in [3.05, 3.63) is 40.7 Å². The second-order valence-electron chi connectivity index (χ2n) is 6.70. The highest BCUT2D eigenvalue weighted by Gasteiger charge is 2.22. The molecule has 4 N–H and O–H groups in total. The molecule has 1 aromatic heterocycles. The van der Waals surface area contributed by atoms with Gasteiger partial charge in [0.05, 0.1) is 0 Å². The predicted octanol–water partition coefficient (Wildman–Crippen LogP) is 3.12. The number of aromatic nitrogens is 1. The van der Waals surface area contributed by atoms with Crippen LogP contribution in [0.25, 0.3) is 0 Å². The van der Waals surface area contributed by atoms with E-state index in [9.17, 15) is 14.0 Å². The van der Waals surface area contributed by atoms with Crippen LogP contribution >= 0.6 is 11.5 Å². The van der Waals surface area contributed by atoms with Crippen LogP contribution < -0.4 is 21.1 Å². The standard InChI is InChI=1S/C20H28FN5O3S/c1-4-26(5-2)10-6-9-23-20(28)24-19-16(17(22)27)18(25-30-19)29-12-14-8-7-13(3)11-15(14)21/h7-8,11H,4-6,9-10,12H2,1-3H3,(H2,22,27)(H2,23,24,28). The minimum Gasteiger partial charge on any atom is -0.471 e. The van der Waals surface area contributed by atoms with E-state index in [0.717, 1.165) is 43.2 Å². The summed E-state index contributed by atoms with van der Waals surface area (Å²) in [5, 5.41) is 5.51. The van der Waals surface area contributed by atoms with E-state index >= 15 is 0 Å². The molecule has 0 aliphatic heterocycles. The van der Waals surface area contributed by atoms with E-state index in [4.69, 9.17) is 10.5 Å². The summed E-state index contributed by atoms with van der Waals surface area (Å²) in [4.78, 5) is 26.3. The van der Waals surface area contributed by atoms with Gasteiger partial charge in [-0.05, 0) is 56.1 Å². The van der Waals surface area contributed by atoms with Gasteiger partial charge >= 0.3 is 6.03 Å². The number of halogens is 1. The molecule has 0 saturated heterocycles. The number of carbonyl (C=O) groups is 2. The van der Waals surface area contributed by atoms with Crippen LogP contribution in [0.2, 0.25) is 0 Å². The third-order valence-corrected chi connectivity index (χ3v) is 5.28. The summed E-state index contributed by atoms with van der Waals surface area (Å²) in [6.07, 6.45) is 0.803. The van der Waals surface area contributed by atoms with Gasteiger partial charge in [-0.1, -0.05) is 26.0 Å². The highest BCUT2D eigenvalue weighted by Crippen LogP contribution is 2.30. The molecule has 8 nitrogen and oxygen atoms in total. The Kier molecular flexibility index (Phi) is 9.00. The normalized spacial score (nSPS) is 10.8. The van der Waals surface area contributed by atoms with E-state index in [2.05, 4.69) is 33.8 Å². The number of anilines is 1. The number of urea groups is 1. The number of ether oxygens (including phenoxy) is 1. The number of nitrogens with zero attached hydrogens (tertiary/aromatic N) is 2. The Morgan fingerprint density at radius 2 is 2.03 bits per heavy atom. The minimum absolute atomic E-state index is 0.0363. The van der Waals surface area contributed by atoms with Gasteiger partial charge < -0.3 is 20.7 Å². The third kappa shape index (κ3) is 6.67. The van der Waals surface area contributed by atoms with Crippen molar-refractivity contribution in [2.75, 3.05) is 31.5 Å². The number of nitrogens with one attached hydrogen (secondary N) is 2. The molecule has 0 unspecified atom stereocenters. The summed E-state index contributed by atoms with van der Waals surface area (Å²) < 4.78 is 23.5. The highest BCUT2D eigenvalue weighted by atomic mass is 32.1. The average molecular weight is 438 g/mol. The van der Waals surface area contributed by atoms with Crippen LogP contribution in [0.1, 0.15) is 41.8 Å². The molecule has 0 bridgehead atoms. The second-order valence-corrected chi connectivity index (χ2v) is 7.47. The topological polar surface area (TPSA) is 110 Å². The van der Waals surface area contributed by atoms with E-state index in [1.807, 2.05) is 0 Å². The molecule has 0 radical (unpaired) electrons. The first-order valence-corrected chi connectivity index (χ1v) is 10.6. The molecular weight excluding hydrogens is 409 g/mol. The average Bonchev–Trinajstić information content (AvgIpc) is 3.10. The molecule has 0 aliphatic rings. The van der Waals surface area contributed by atoms with E-state index in [1.54, 1.807) is 19.1 Å². The Morgan fingerprint density at radius 3 is 2.67 bits per heavy atom. The van der Waals surface area contributed by atoms with Gasteiger partial charge in [-0.3, -0.25) is 10.1 Å². The monoisotopic (exact) mass is 437 g/mol. The van der Waals surface area contributed by atoms with Crippen molar-refractivity contribution < 1.29 is 18.7 Å². The fourth-order valence-electron chi connectivity index (χ4n) is 2.78. The molecular formula is C20H28FN5O3S. The van der Waals surface area contributed by atoms with Gasteiger partial charge in [0, 0.05) is 12.1 Å². The number of hydrogen-bond acceptors (Lipinski definition) is 6. The summed E-state index contributed by atoms with van der Waals surface area (Å²) in [7, 11) is 0. The maximum atomic E-state index is 14.0. The molecule has 1 aromatic carbocycles. The number of amides is 3. The number of rotatable bonds is 11. The predicted molar refractivity (Wildman–Crippen MR) is 116 cm³/mol. The molecule has 0 fully saturated rings. The lowest BCUT2D eigenvalue weighted by molar-refractivity contribution is 0.0996. The van der Waals surface area contributed by atoms with E-state index in [0.29, 0.717) is 12.1 Å². The van der Waals surface area contributed by atoms with Crippen molar-refractivity contribution in [1.29, 1.82) is 0 Å². The third-order valence-electron chi connectivity index (χ3n) is 4.54. The van der Waals surface area contributed by atoms with Gasteiger partial charge in [0.25, 0.3) is 5.91 Å². The SMILES string of the molecule is CCN(CC)CCCNC(=O)Nc1snc(OCc2ccc(C)cc2F)c1C(N)=O. The van der Waals surface area contributed by atoms with Crippen molar-refractivity contribution in [3.63, 3.8) is 0 Å². The molecule has 1 heterocycles. The molecule has 0 aliphatic carbocycles. The number of primary amides is 1. The van der Waals surface area contributed by atoms with Gasteiger partial charge in [-0.2, -0.15) is 4.37 Å². The smallest absolute Gasteiger partial charge is 0.319 e. The first-order chi connectivity index (χ1) is 14.3. The van der Waals surface area contributed by atoms with Crippen LogP contribution in [0.15, 0.2) is 18.2 Å². The molecule has 0 spiro atoms. The maximum absolute atomic E-state index is 14.0. The Balaban J connectivity index is 1.94. The van der Waals surface area contributed by atoms with Gasteiger partial charge in [0.15, 0.2) is 0 Å². The van der Waals surface area contributed by atoms with Gasteiger partial charge in [0.2, 0.25) is 5.88 Å². The van der Waals surface area contributed by atoms with Crippen LogP contribution in [0, 0.1) is 12.7 Å². The van der Waals surface area contributed by atoms with Crippen molar-refractivity contribution in [2.24, 2.45) is 5.73 Å². The molecule has 2 rings (SSSR count). The van der Waals surface area contributed by atoms with Crippen LogP contribution in [0.3, 0.4) is 0 Å². The van der Waals surface area contributed by atoms with Gasteiger partial charge in [0.1, 0.15) is 23.0 Å². The lowest BCUT2D eigenvalue weighted by Gasteiger charge is -2.17. The zero-order valence-electron chi connectivity index (χ0n) is 17.5. The quantitative estimate of drug-likeness (QED) is 0.468. The molecule has 2 aromatic rings. The van der Waals surface area contributed by atoms with Crippen LogP contribution in [-0.2, 0) is 6.61 Å². The van der Waals surface area contributed by atoms with Crippen LogP contribution in [0.4, 0.5) is 14.2 Å². The first kappa shape index (κ1) is 23.6. The summed E-state index contributed by atoms with van der Waals surface area (Å²) in [5.41, 5.74) is 6.51. The van der Waals surface area contributed by atoms with Crippen molar-refractivity contribution in [3.8, 4) is 5.88 Å². The van der Waals surface area contributed by atoms with E-state index < -0.39 is 17.8 Å². The number of hydrogen-bond donors (Lipinski definition) is 3. The number of benzene rings is 1. The number of carbonyl (C=O) groups excluding carboxylic acids is 2. The minimum atomic E-state index is -0.792. The van der Waals surface area contributed by atoms with E-state index in [1.165, 1.54) is 6.07 Å². The summed E-state index contributed by atoms with van der Waals surface area (Å²) >= 11 is 0.876. The lowest BCUT2D eigenvalue weighted by Crippen LogP contribution is -2.32. The lowest BCUT2D eigenvalue weighted by atomic mass is 10.1. The Labute approximate surface area is 179 Å². The fourth-order valence-corrected chi connectivity index (χ4v) is 3.52. The number of nitrogens with two attached hydrogens (primary N) is 1. The molecule has 0 atom stereocenters. The zero-order chi connectivity index (χ0) is 22.1. The summed E-state index contributed by atoms with van der Waals surface area (Å²) in [5.74, 6) is -1.24. The zero-order valence-corrected chi connectivity index (χ0v) is 18.3. The summed E-state index contributed by atoms with van der Waals surface area (Å²) in [6.45, 7) is 9.13. The Bertz CT molecular complexity index is 870. The largest absolute Gasteiger partial charge is 0.471 e. The van der Waals surface area contributed by atoms with Crippen molar-refractivity contribution in [1.82, 2.24) is 14.6 Å². The Hall–Kier alpha value is -2.72. The van der Waals surface area contributed by atoms with Gasteiger partial charge in [-0.25, -0.2) is 9.18 Å². The molecule has 3 amide bonds. The second kappa shape index (κ2) is 11.5. The van der Waals surface area contributed by atoms with Crippen molar-refractivity contribution in [2.45, 2.75) is 33.8 Å². The number of aryl methyl sites for hydroxylation is 1. The summed E-state index contributed by atoms with van der Waals surface area (Å²) in [6, 6.07) is 4.30. The fraction of sp³-hybridized carbons (Fsp3) is 0.450. The maximum Gasteiger partial charge on any atom is 0.319 e. The molecule has 30 heavy (non-hydrogen) atoms. The van der Waals surface area contributed by atoms with Crippen molar-refractivity contribution >= 4 is 28.5 Å². The van der Waals surface area contributed by atoms with Crippen LogP contribution in [0.5, 0.6) is 5.88 Å². The molecule has 10 heteroatoms. The Morgan fingerprint density at radius 1 is 1.30 bits per heavy atom. The van der Waals surface area contributed by atoms with E-state index in [-0.39, 0.29) is 23.1 Å².